The van der Waals surface area contributed by atoms with Crippen molar-refractivity contribution in [3.05, 3.63) is 12.7 Å². The quantitative estimate of drug-likeness (QED) is 0.429. The van der Waals surface area contributed by atoms with Crippen molar-refractivity contribution in [2.24, 2.45) is 5.92 Å². The first kappa shape index (κ1) is 7.98. The lowest BCUT2D eigenvalue weighted by atomic mass is 10.1. The van der Waals surface area contributed by atoms with E-state index in [1.54, 1.807) is 13.0 Å². The number of hydrogen-bond acceptors (Lipinski definition) is 2. The number of nitrogens with zero attached hydrogens (tertiary/aromatic N) is 1. The second-order valence-electron chi connectivity index (χ2n) is 2.74. The number of amides is 2. The first-order valence-corrected chi connectivity index (χ1v) is 3.62. The molecule has 3 nitrogen and oxygen atoms in total. The minimum Gasteiger partial charge on any atom is -0.278 e. The van der Waals surface area contributed by atoms with Gasteiger partial charge in [-0.25, -0.2) is 0 Å². The van der Waals surface area contributed by atoms with Crippen LogP contribution in [0.1, 0.15) is 13.3 Å². The summed E-state index contributed by atoms with van der Waals surface area (Å²) in [6.07, 6.45) is 1.92. The van der Waals surface area contributed by atoms with E-state index in [1.807, 2.05) is 0 Å². The lowest BCUT2D eigenvalue weighted by molar-refractivity contribution is -0.138. The van der Waals surface area contributed by atoms with E-state index in [2.05, 4.69) is 6.58 Å². The topological polar surface area (TPSA) is 37.4 Å². The zero-order valence-corrected chi connectivity index (χ0v) is 6.54. The Balaban J connectivity index is 2.71. The maximum absolute atomic E-state index is 11.2. The van der Waals surface area contributed by atoms with Crippen LogP contribution in [0.5, 0.6) is 0 Å². The third kappa shape index (κ3) is 1.31. The van der Waals surface area contributed by atoms with E-state index in [9.17, 15) is 9.59 Å². The molecule has 11 heavy (non-hydrogen) atoms. The molecule has 0 N–H and O–H groups in total. The van der Waals surface area contributed by atoms with Gasteiger partial charge in [0, 0.05) is 18.9 Å². The summed E-state index contributed by atoms with van der Waals surface area (Å²) in [6, 6.07) is 0. The van der Waals surface area contributed by atoms with Crippen molar-refractivity contribution in [3.8, 4) is 0 Å². The minimum absolute atomic E-state index is 0.0742. The zero-order valence-electron chi connectivity index (χ0n) is 6.54. The summed E-state index contributed by atoms with van der Waals surface area (Å²) in [6.45, 7) is 5.59. The minimum atomic E-state index is -0.137. The largest absolute Gasteiger partial charge is 0.278 e. The summed E-state index contributed by atoms with van der Waals surface area (Å²) in [4.78, 5) is 23.5. The predicted octanol–water partition coefficient (Wildman–Crippen LogP) is 0.567. The van der Waals surface area contributed by atoms with Gasteiger partial charge in [0.2, 0.25) is 11.8 Å². The van der Waals surface area contributed by atoms with Crippen molar-refractivity contribution in [1.29, 1.82) is 0 Å². The number of carbonyl (C=O) groups is 2. The average Bonchev–Trinajstić information content (AvgIpc) is 2.17. The van der Waals surface area contributed by atoms with E-state index in [1.165, 1.54) is 4.90 Å². The number of rotatable bonds is 2. The molecule has 0 aromatic carbocycles. The predicted molar refractivity (Wildman–Crippen MR) is 40.7 cm³/mol. The Labute approximate surface area is 65.7 Å². The van der Waals surface area contributed by atoms with Gasteiger partial charge in [-0.05, 0) is 0 Å². The number of carbonyl (C=O) groups excluding carboxylic acids is 2. The van der Waals surface area contributed by atoms with Crippen LogP contribution in [0.15, 0.2) is 12.7 Å². The van der Waals surface area contributed by atoms with Crippen molar-refractivity contribution < 1.29 is 9.59 Å². The summed E-state index contributed by atoms with van der Waals surface area (Å²) in [5, 5.41) is 0. The molecule has 0 radical (unpaired) electrons. The van der Waals surface area contributed by atoms with Crippen LogP contribution in [0.4, 0.5) is 0 Å². The van der Waals surface area contributed by atoms with Gasteiger partial charge in [-0.15, -0.1) is 6.58 Å². The van der Waals surface area contributed by atoms with Gasteiger partial charge >= 0.3 is 0 Å². The standard InChI is InChI=1S/C8H11NO2/c1-3-4-9-7(10)5-6(2)8(9)11/h3,6H,1,4-5H2,2H3/t6-/m0/s1. The summed E-state index contributed by atoms with van der Waals surface area (Å²) < 4.78 is 0. The van der Waals surface area contributed by atoms with Crippen molar-refractivity contribution in [3.63, 3.8) is 0 Å². The molecule has 3 heteroatoms. The average molecular weight is 153 g/mol. The summed E-state index contributed by atoms with van der Waals surface area (Å²) >= 11 is 0. The van der Waals surface area contributed by atoms with Gasteiger partial charge in [0.15, 0.2) is 0 Å². The zero-order chi connectivity index (χ0) is 8.43. The molecule has 0 bridgehead atoms. The summed E-state index contributed by atoms with van der Waals surface area (Å²) in [5.41, 5.74) is 0. The first-order valence-electron chi connectivity index (χ1n) is 3.62. The van der Waals surface area contributed by atoms with E-state index < -0.39 is 0 Å². The molecule has 0 spiro atoms. The second-order valence-corrected chi connectivity index (χ2v) is 2.74. The molecule has 1 rings (SSSR count). The van der Waals surface area contributed by atoms with Crippen molar-refractivity contribution in [2.75, 3.05) is 6.54 Å². The second kappa shape index (κ2) is 2.86. The van der Waals surface area contributed by atoms with Crippen LogP contribution < -0.4 is 0 Å². The normalized spacial score (nSPS) is 24.5. The summed E-state index contributed by atoms with van der Waals surface area (Å²) in [7, 11) is 0. The maximum Gasteiger partial charge on any atom is 0.232 e. The summed E-state index contributed by atoms with van der Waals surface area (Å²) in [5.74, 6) is -0.292. The highest BCUT2D eigenvalue weighted by atomic mass is 16.2. The maximum atomic E-state index is 11.2. The lowest BCUT2D eigenvalue weighted by Gasteiger charge is -2.09. The van der Waals surface area contributed by atoms with Gasteiger partial charge in [-0.2, -0.15) is 0 Å². The van der Waals surface area contributed by atoms with Gasteiger partial charge in [0.1, 0.15) is 0 Å². The Hall–Kier alpha value is -1.12. The molecule has 2 amide bonds. The molecule has 0 unspecified atom stereocenters. The molecule has 60 valence electrons. The molecule has 0 aliphatic carbocycles. The van der Waals surface area contributed by atoms with Crippen LogP contribution in [-0.2, 0) is 9.59 Å². The highest BCUT2D eigenvalue weighted by Crippen LogP contribution is 2.17. The molecule has 1 atom stereocenters. The lowest BCUT2D eigenvalue weighted by Crippen LogP contribution is -2.30. The Morgan fingerprint density at radius 2 is 2.36 bits per heavy atom. The van der Waals surface area contributed by atoms with Crippen LogP contribution >= 0.6 is 0 Å². The highest BCUT2D eigenvalue weighted by Gasteiger charge is 2.34. The SMILES string of the molecule is C=CCN1C(=O)C[C@H](C)C1=O. The van der Waals surface area contributed by atoms with Gasteiger partial charge in [0.05, 0.1) is 0 Å². The van der Waals surface area contributed by atoms with Crippen molar-refractivity contribution >= 4 is 11.8 Å². The van der Waals surface area contributed by atoms with Crippen LogP contribution in [0.25, 0.3) is 0 Å². The fourth-order valence-electron chi connectivity index (χ4n) is 1.17. The molecule has 0 aromatic rings. The molecule has 1 aliphatic rings. The molecule has 1 aliphatic heterocycles. The van der Waals surface area contributed by atoms with E-state index in [0.717, 1.165) is 0 Å². The molecular formula is C8H11NO2. The molecule has 1 saturated heterocycles. The van der Waals surface area contributed by atoms with Crippen molar-refractivity contribution in [1.82, 2.24) is 4.90 Å². The van der Waals surface area contributed by atoms with Gasteiger partial charge in [-0.3, -0.25) is 14.5 Å². The smallest absolute Gasteiger partial charge is 0.232 e. The molecular weight excluding hydrogens is 142 g/mol. The molecule has 1 heterocycles. The number of imide groups is 1. The monoisotopic (exact) mass is 153 g/mol. The molecule has 0 aromatic heterocycles. The number of hydrogen-bond donors (Lipinski definition) is 0. The molecule has 1 fully saturated rings. The first-order chi connectivity index (χ1) is 5.16. The Morgan fingerprint density at radius 1 is 1.73 bits per heavy atom. The van der Waals surface area contributed by atoms with E-state index in [4.69, 9.17) is 0 Å². The Bertz CT molecular complexity index is 210. The van der Waals surface area contributed by atoms with Gasteiger partial charge in [-0.1, -0.05) is 13.0 Å². The van der Waals surface area contributed by atoms with Crippen LogP contribution in [0, 0.1) is 5.92 Å². The van der Waals surface area contributed by atoms with Crippen molar-refractivity contribution in [2.45, 2.75) is 13.3 Å². The third-order valence-electron chi connectivity index (χ3n) is 1.78. The fraction of sp³-hybridized carbons (Fsp3) is 0.500. The Kier molecular flexibility index (Phi) is 2.08. The van der Waals surface area contributed by atoms with E-state index in [-0.39, 0.29) is 17.7 Å². The Morgan fingerprint density at radius 3 is 2.73 bits per heavy atom. The highest BCUT2D eigenvalue weighted by molar-refractivity contribution is 6.03. The van der Waals surface area contributed by atoms with Crippen LogP contribution in [-0.4, -0.2) is 23.3 Å². The number of likely N-dealkylation sites (tertiary alicyclic amines) is 1. The molecule has 0 saturated carbocycles. The third-order valence-corrected chi connectivity index (χ3v) is 1.78. The van der Waals surface area contributed by atoms with E-state index in [0.29, 0.717) is 13.0 Å². The van der Waals surface area contributed by atoms with Crippen LogP contribution in [0.3, 0.4) is 0 Å². The van der Waals surface area contributed by atoms with Gasteiger partial charge in [0.25, 0.3) is 0 Å². The van der Waals surface area contributed by atoms with Crippen LogP contribution in [0.2, 0.25) is 0 Å². The van der Waals surface area contributed by atoms with Gasteiger partial charge < -0.3 is 0 Å². The van der Waals surface area contributed by atoms with E-state index >= 15 is 0 Å². The fourth-order valence-corrected chi connectivity index (χ4v) is 1.17.